The van der Waals surface area contributed by atoms with Crippen LogP contribution in [0.3, 0.4) is 0 Å². The van der Waals surface area contributed by atoms with Gasteiger partial charge in [0.25, 0.3) is 0 Å². The molecule has 1 saturated heterocycles. The van der Waals surface area contributed by atoms with Crippen LogP contribution < -0.4 is 0 Å². The second-order valence-corrected chi connectivity index (χ2v) is 6.12. The van der Waals surface area contributed by atoms with Crippen LogP contribution in [0.4, 0.5) is 0 Å². The van der Waals surface area contributed by atoms with Gasteiger partial charge in [-0.2, -0.15) is 16.9 Å². The molecule has 1 fully saturated rings. The lowest BCUT2D eigenvalue weighted by atomic mass is 9.99. The molecule has 2 nitrogen and oxygen atoms in total. The lowest BCUT2D eigenvalue weighted by Gasteiger charge is -2.20. The van der Waals surface area contributed by atoms with Crippen LogP contribution in [-0.2, 0) is 6.42 Å². The zero-order valence-electron chi connectivity index (χ0n) is 8.25. The largest absolute Gasteiger partial charge is 0.165 e. The maximum atomic E-state index is 5.80. The molecular weight excluding hydrogens is 296 g/mol. The van der Waals surface area contributed by atoms with Crippen LogP contribution in [0.1, 0.15) is 18.5 Å². The second-order valence-electron chi connectivity index (χ2n) is 3.76. The molecule has 0 saturated carbocycles. The minimum atomic E-state index is 0.441. The Hall–Kier alpha value is 0.200. The Kier molecular flexibility index (Phi) is 4.29. The van der Waals surface area contributed by atoms with E-state index in [9.17, 15) is 0 Å². The fraction of sp³-hybridized carbons (Fsp3) is 0.600. The first-order chi connectivity index (χ1) is 7.25. The Balaban J connectivity index is 2.00. The third kappa shape index (κ3) is 3.33. The monoisotopic (exact) mass is 306 g/mol. The van der Waals surface area contributed by atoms with Crippen molar-refractivity contribution in [2.24, 2.45) is 5.92 Å². The van der Waals surface area contributed by atoms with E-state index in [0.29, 0.717) is 5.15 Å². The van der Waals surface area contributed by atoms with Crippen molar-refractivity contribution in [1.29, 1.82) is 0 Å². The van der Waals surface area contributed by atoms with Crippen molar-refractivity contribution >= 4 is 39.3 Å². The predicted octanol–water partition coefficient (Wildman–Crippen LogP) is 3.58. The molecule has 0 radical (unpaired) electrons. The van der Waals surface area contributed by atoms with E-state index in [1.165, 1.54) is 24.3 Å². The third-order valence-corrected chi connectivity index (χ3v) is 4.91. The molecule has 15 heavy (non-hydrogen) atoms. The quantitative estimate of drug-likeness (QED) is 0.835. The zero-order chi connectivity index (χ0) is 10.7. The van der Waals surface area contributed by atoms with Crippen LogP contribution in [-0.4, -0.2) is 21.7 Å². The summed E-state index contributed by atoms with van der Waals surface area (Å²) >= 11 is 11.2. The molecule has 1 aromatic rings. The molecule has 0 spiro atoms. The molecule has 0 N–H and O–H groups in total. The first kappa shape index (κ1) is 11.7. The summed E-state index contributed by atoms with van der Waals surface area (Å²) in [7, 11) is 0. The standard InChI is InChI=1S/C10H12BrClN2S/c11-9-5-8(13-14-10(9)12)4-7-2-1-3-15-6-7/h5,7H,1-4,6H2. The minimum Gasteiger partial charge on any atom is -0.162 e. The molecule has 1 aliphatic heterocycles. The van der Waals surface area contributed by atoms with Gasteiger partial charge in [-0.25, -0.2) is 0 Å². The van der Waals surface area contributed by atoms with Gasteiger partial charge in [0.1, 0.15) is 0 Å². The van der Waals surface area contributed by atoms with Gasteiger partial charge < -0.3 is 0 Å². The SMILES string of the molecule is Clc1nnc(CC2CCCSC2)cc1Br. The van der Waals surface area contributed by atoms with Crippen molar-refractivity contribution in [3.63, 3.8) is 0 Å². The van der Waals surface area contributed by atoms with Gasteiger partial charge in [-0.15, -0.1) is 5.10 Å². The number of aromatic nitrogens is 2. The maximum Gasteiger partial charge on any atom is 0.165 e. The average molecular weight is 308 g/mol. The van der Waals surface area contributed by atoms with Gasteiger partial charge in [-0.3, -0.25) is 0 Å². The van der Waals surface area contributed by atoms with E-state index < -0.39 is 0 Å². The lowest BCUT2D eigenvalue weighted by molar-refractivity contribution is 0.512. The van der Waals surface area contributed by atoms with Crippen molar-refractivity contribution in [3.8, 4) is 0 Å². The molecule has 1 unspecified atom stereocenters. The highest BCUT2D eigenvalue weighted by molar-refractivity contribution is 9.10. The molecule has 0 aliphatic carbocycles. The summed E-state index contributed by atoms with van der Waals surface area (Å²) < 4.78 is 0.845. The molecule has 0 bridgehead atoms. The Morgan fingerprint density at radius 2 is 2.40 bits per heavy atom. The molecule has 0 amide bonds. The summed E-state index contributed by atoms with van der Waals surface area (Å²) in [5, 5.41) is 8.46. The number of hydrogen-bond acceptors (Lipinski definition) is 3. The van der Waals surface area contributed by atoms with E-state index in [4.69, 9.17) is 11.6 Å². The van der Waals surface area contributed by atoms with Gasteiger partial charge in [0.2, 0.25) is 0 Å². The van der Waals surface area contributed by atoms with Gasteiger partial charge in [-0.05, 0) is 58.7 Å². The summed E-state index contributed by atoms with van der Waals surface area (Å²) in [4.78, 5) is 0. The highest BCUT2D eigenvalue weighted by Crippen LogP contribution is 2.26. The number of hydrogen-bond donors (Lipinski definition) is 0. The van der Waals surface area contributed by atoms with E-state index in [0.717, 1.165) is 22.5 Å². The van der Waals surface area contributed by atoms with Crippen LogP contribution in [0, 0.1) is 5.92 Å². The average Bonchev–Trinajstić information content (AvgIpc) is 2.25. The molecule has 0 aromatic carbocycles. The number of thioether (sulfide) groups is 1. The normalized spacial score (nSPS) is 21.6. The molecule has 82 valence electrons. The highest BCUT2D eigenvalue weighted by atomic mass is 79.9. The van der Waals surface area contributed by atoms with E-state index in [1.807, 2.05) is 17.8 Å². The van der Waals surface area contributed by atoms with Crippen LogP contribution in [0.5, 0.6) is 0 Å². The van der Waals surface area contributed by atoms with Crippen molar-refractivity contribution in [2.75, 3.05) is 11.5 Å². The van der Waals surface area contributed by atoms with Crippen LogP contribution in [0.2, 0.25) is 5.15 Å². The van der Waals surface area contributed by atoms with Crippen LogP contribution >= 0.6 is 39.3 Å². The zero-order valence-corrected chi connectivity index (χ0v) is 11.4. The Morgan fingerprint density at radius 1 is 1.53 bits per heavy atom. The topological polar surface area (TPSA) is 25.8 Å². The molecule has 1 aliphatic rings. The maximum absolute atomic E-state index is 5.80. The Bertz CT molecular complexity index is 342. The molecule has 2 rings (SSSR count). The van der Waals surface area contributed by atoms with E-state index in [1.54, 1.807) is 0 Å². The molecule has 5 heteroatoms. The number of nitrogens with zero attached hydrogens (tertiary/aromatic N) is 2. The van der Waals surface area contributed by atoms with E-state index in [-0.39, 0.29) is 0 Å². The van der Waals surface area contributed by atoms with Gasteiger partial charge in [0.15, 0.2) is 5.15 Å². The van der Waals surface area contributed by atoms with Crippen molar-refractivity contribution in [3.05, 3.63) is 21.4 Å². The Labute approximate surface area is 107 Å². The van der Waals surface area contributed by atoms with Crippen LogP contribution in [0.25, 0.3) is 0 Å². The summed E-state index contributed by atoms with van der Waals surface area (Å²) in [5.41, 5.74) is 1.04. The Morgan fingerprint density at radius 3 is 3.07 bits per heavy atom. The predicted molar refractivity (Wildman–Crippen MR) is 68.5 cm³/mol. The summed E-state index contributed by atoms with van der Waals surface area (Å²) in [5.74, 6) is 3.32. The smallest absolute Gasteiger partial charge is 0.162 e. The van der Waals surface area contributed by atoms with Crippen LogP contribution in [0.15, 0.2) is 10.5 Å². The number of rotatable bonds is 2. The first-order valence-electron chi connectivity index (χ1n) is 5.01. The van der Waals surface area contributed by atoms with E-state index >= 15 is 0 Å². The van der Waals surface area contributed by atoms with Gasteiger partial charge in [-0.1, -0.05) is 11.6 Å². The van der Waals surface area contributed by atoms with Crippen molar-refractivity contribution < 1.29 is 0 Å². The summed E-state index contributed by atoms with van der Waals surface area (Å²) in [6.45, 7) is 0. The van der Waals surface area contributed by atoms with E-state index in [2.05, 4.69) is 26.1 Å². The molecule has 1 aromatic heterocycles. The van der Waals surface area contributed by atoms with Gasteiger partial charge >= 0.3 is 0 Å². The molecule has 2 heterocycles. The van der Waals surface area contributed by atoms with Crippen molar-refractivity contribution in [1.82, 2.24) is 10.2 Å². The second kappa shape index (κ2) is 5.51. The molecular formula is C10H12BrClN2S. The van der Waals surface area contributed by atoms with Gasteiger partial charge in [0, 0.05) is 0 Å². The third-order valence-electron chi connectivity index (χ3n) is 2.51. The van der Waals surface area contributed by atoms with Gasteiger partial charge in [0.05, 0.1) is 10.2 Å². The fourth-order valence-corrected chi connectivity index (χ4v) is 3.35. The summed E-state index contributed by atoms with van der Waals surface area (Å²) in [6, 6.07) is 1.98. The lowest BCUT2D eigenvalue weighted by Crippen LogP contribution is -2.14. The number of halogens is 2. The first-order valence-corrected chi connectivity index (χ1v) is 7.33. The molecule has 1 atom stereocenters. The fourth-order valence-electron chi connectivity index (χ4n) is 1.75. The highest BCUT2D eigenvalue weighted by Gasteiger charge is 2.15. The minimum absolute atomic E-state index is 0.441. The summed E-state index contributed by atoms with van der Waals surface area (Å²) in [6.07, 6.45) is 3.67. The van der Waals surface area contributed by atoms with Crippen molar-refractivity contribution in [2.45, 2.75) is 19.3 Å².